The number of benzene rings is 14. The number of para-hydroxylation sites is 4. The number of rotatable bonds is 7. The highest BCUT2D eigenvalue weighted by molar-refractivity contribution is 6.11. The molecule has 0 saturated heterocycles. The topological polar surface area (TPSA) is 45.2 Å². The Morgan fingerprint density at radius 2 is 0.680 bits per heavy atom. The molecule has 5 heteroatoms. The van der Waals surface area contributed by atoms with E-state index in [-0.39, 0.29) is 0 Å². The zero-order valence-corrected chi connectivity index (χ0v) is 54.3. The van der Waals surface area contributed by atoms with E-state index in [0.29, 0.717) is 0 Å². The molecular weight excluding hydrogens is 1210 g/mol. The Morgan fingerprint density at radius 1 is 0.230 bits per heavy atom. The van der Waals surface area contributed by atoms with Crippen molar-refractivity contribution in [2.45, 2.75) is 10.8 Å². The van der Waals surface area contributed by atoms with Gasteiger partial charge in [0.25, 0.3) is 0 Å². The molecule has 0 bridgehead atoms. The monoisotopic (exact) mass is 1270 g/mol. The van der Waals surface area contributed by atoms with Gasteiger partial charge in [0.15, 0.2) is 0 Å². The van der Waals surface area contributed by atoms with Crippen LogP contribution in [0.1, 0.15) is 44.5 Å². The van der Waals surface area contributed by atoms with Crippen LogP contribution in [-0.4, -0.2) is 15.0 Å². The third kappa shape index (κ3) is 8.03. The number of anilines is 6. The molecule has 464 valence electrons. The Kier molecular flexibility index (Phi) is 12.2. The molecule has 0 atom stereocenters. The summed E-state index contributed by atoms with van der Waals surface area (Å²) < 4.78 is 0. The highest BCUT2D eigenvalue weighted by Gasteiger charge is 2.53. The maximum absolute atomic E-state index is 5.54. The molecule has 0 fully saturated rings. The summed E-state index contributed by atoms with van der Waals surface area (Å²) in [5.41, 5.74) is 34.5. The van der Waals surface area contributed by atoms with Crippen molar-refractivity contribution < 1.29 is 0 Å². The molecule has 0 radical (unpaired) electrons. The van der Waals surface area contributed by atoms with Crippen molar-refractivity contribution in [3.05, 3.63) is 403 Å². The molecule has 14 aromatic carbocycles. The predicted octanol–water partition coefficient (Wildman–Crippen LogP) is 24.0. The van der Waals surface area contributed by atoms with Crippen molar-refractivity contribution in [2.75, 3.05) is 9.80 Å². The van der Waals surface area contributed by atoms with E-state index in [1.54, 1.807) is 0 Å². The average Bonchev–Trinajstić information content (AvgIpc) is 1.46. The number of nitrogens with zero attached hydrogens (tertiary/aromatic N) is 5. The Balaban J connectivity index is 0.654. The first-order chi connectivity index (χ1) is 49.6. The fraction of sp³-hybridized carbons (Fsp3) is 0.0211. The van der Waals surface area contributed by atoms with Gasteiger partial charge >= 0.3 is 0 Å². The number of hydrogen-bond donors (Lipinski definition) is 0. The first kappa shape index (κ1) is 56.1. The summed E-state index contributed by atoms with van der Waals surface area (Å²) in [6, 6.07) is 130. The maximum atomic E-state index is 5.54. The van der Waals surface area contributed by atoms with Crippen LogP contribution in [0.4, 0.5) is 34.1 Å². The van der Waals surface area contributed by atoms with Crippen molar-refractivity contribution in [1.29, 1.82) is 0 Å². The molecule has 3 aromatic heterocycles. The predicted molar refractivity (Wildman–Crippen MR) is 411 cm³/mol. The average molecular weight is 1270 g/mol. The Labute approximate surface area is 579 Å². The second-order valence-electron chi connectivity index (χ2n) is 26.9. The molecule has 17 aromatic rings. The van der Waals surface area contributed by atoms with E-state index in [1.165, 1.54) is 78.1 Å². The standard InChI is InChI=1S/C95H59N5/c1-2-23-69(24-3-1)99-88-37-16-13-34-81(88)95(79-32-11-7-27-73(79)74-28-8-12-33-80(74)95)84-59-66(48-54-90(84)99)64-21-18-22-67(56-64)87-52-46-68-57-76(75-29-19-55-96-93(75)92(68)98-87)61-43-49-70(50-44-61)100-89-38-17-14-35-82(89)94(77-30-9-5-25-71(77)72-26-6-10-31-78(72)94)83-58-65(47-53-91(83)100)60-39-41-63(42-40-60)86-51-45-62-20-4-15-36-85(62)97-86/h1-59H. The van der Waals surface area contributed by atoms with E-state index in [1.807, 2.05) is 12.3 Å². The molecule has 21 rings (SSSR count). The molecule has 0 unspecified atom stereocenters. The fourth-order valence-corrected chi connectivity index (χ4v) is 17.6. The second-order valence-corrected chi connectivity index (χ2v) is 26.9. The van der Waals surface area contributed by atoms with Crippen LogP contribution in [0.5, 0.6) is 0 Å². The van der Waals surface area contributed by atoms with Crippen molar-refractivity contribution >= 4 is 66.8 Å². The number of pyridine rings is 3. The van der Waals surface area contributed by atoms with Crippen molar-refractivity contribution in [2.24, 2.45) is 0 Å². The summed E-state index contributed by atoms with van der Waals surface area (Å²) in [6.45, 7) is 0. The lowest BCUT2D eigenvalue weighted by Gasteiger charge is -2.45. The van der Waals surface area contributed by atoms with Crippen molar-refractivity contribution in [3.8, 4) is 78.1 Å². The van der Waals surface area contributed by atoms with Crippen molar-refractivity contribution in [3.63, 3.8) is 0 Å². The number of hydrogen-bond acceptors (Lipinski definition) is 5. The Bertz CT molecular complexity index is 6160. The van der Waals surface area contributed by atoms with Gasteiger partial charge < -0.3 is 9.80 Å². The summed E-state index contributed by atoms with van der Waals surface area (Å²) >= 11 is 0. The Morgan fingerprint density at radius 3 is 1.29 bits per heavy atom. The molecule has 4 aliphatic rings. The molecule has 0 saturated carbocycles. The first-order valence-corrected chi connectivity index (χ1v) is 34.5. The van der Waals surface area contributed by atoms with Crippen LogP contribution in [0, 0.1) is 0 Å². The largest absolute Gasteiger partial charge is 0.310 e. The molecule has 2 aliphatic carbocycles. The quantitative estimate of drug-likeness (QED) is 0.149. The minimum Gasteiger partial charge on any atom is -0.310 e. The zero-order valence-electron chi connectivity index (χ0n) is 54.3. The molecule has 2 aliphatic heterocycles. The van der Waals surface area contributed by atoms with Crippen LogP contribution in [0.15, 0.2) is 358 Å². The summed E-state index contributed by atoms with van der Waals surface area (Å²) in [5, 5.41) is 3.22. The van der Waals surface area contributed by atoms with Gasteiger partial charge in [-0.3, -0.25) is 4.98 Å². The molecular formula is C95H59N5. The van der Waals surface area contributed by atoms with Crippen LogP contribution in [0.3, 0.4) is 0 Å². The summed E-state index contributed by atoms with van der Waals surface area (Å²) in [7, 11) is 0. The number of aromatic nitrogens is 3. The van der Waals surface area contributed by atoms with Crippen LogP contribution in [0.25, 0.3) is 111 Å². The minimum atomic E-state index is -0.587. The van der Waals surface area contributed by atoms with Gasteiger partial charge in [-0.2, -0.15) is 0 Å². The van der Waals surface area contributed by atoms with E-state index >= 15 is 0 Å². The normalized spacial score (nSPS) is 13.7. The molecule has 2 spiro atoms. The van der Waals surface area contributed by atoms with Gasteiger partial charge in [0.05, 0.1) is 61.5 Å². The minimum absolute atomic E-state index is 0.557. The fourth-order valence-electron chi connectivity index (χ4n) is 17.6. The SMILES string of the molecule is c1ccc(N2c3ccccc3C3(c4ccccc4-c4ccccc43)c3cc(-c4cccc(-c5ccc6cc(-c7ccc(N8c9ccccc9C9(c%10ccccc%10-c%10ccccc%109)c9cc(-c%10ccc(-c%11ccc%12ccccc%12n%11)cc%10)ccc98)cc7)c7cccnc7c6n5)c4)ccc32)cc1. The first-order valence-electron chi connectivity index (χ1n) is 34.5. The van der Waals surface area contributed by atoms with E-state index < -0.39 is 10.8 Å². The van der Waals surface area contributed by atoms with Crippen molar-refractivity contribution in [1.82, 2.24) is 15.0 Å². The smallest absolute Gasteiger partial charge is 0.0972 e. The highest BCUT2D eigenvalue weighted by Crippen LogP contribution is 2.66. The van der Waals surface area contributed by atoms with Crippen LogP contribution >= 0.6 is 0 Å². The molecule has 5 heterocycles. The summed E-state index contributed by atoms with van der Waals surface area (Å²) in [4.78, 5) is 20.7. The van der Waals surface area contributed by atoms with Crippen LogP contribution in [-0.2, 0) is 10.8 Å². The zero-order chi connectivity index (χ0) is 65.6. The van der Waals surface area contributed by atoms with E-state index in [0.717, 1.165) is 111 Å². The summed E-state index contributed by atoms with van der Waals surface area (Å²) in [6.07, 6.45) is 1.90. The third-order valence-electron chi connectivity index (χ3n) is 21.9. The Hall–Kier alpha value is -13.1. The van der Waals surface area contributed by atoms with Gasteiger partial charge in [0.1, 0.15) is 0 Å². The summed E-state index contributed by atoms with van der Waals surface area (Å²) in [5.74, 6) is 0. The lowest BCUT2D eigenvalue weighted by atomic mass is 9.64. The second kappa shape index (κ2) is 21.7. The number of fused-ring (bicyclic) bond motifs is 22. The van der Waals surface area contributed by atoms with Gasteiger partial charge in [-0.25, -0.2) is 9.97 Å². The van der Waals surface area contributed by atoms with Gasteiger partial charge in [-0.15, -0.1) is 0 Å². The van der Waals surface area contributed by atoms with Gasteiger partial charge in [-0.1, -0.05) is 255 Å². The van der Waals surface area contributed by atoms with Gasteiger partial charge in [0, 0.05) is 44.9 Å². The van der Waals surface area contributed by atoms with Crippen LogP contribution in [0.2, 0.25) is 0 Å². The maximum Gasteiger partial charge on any atom is 0.0972 e. The van der Waals surface area contributed by atoms with E-state index in [2.05, 4.69) is 356 Å². The lowest BCUT2D eigenvalue weighted by molar-refractivity contribution is 0.753. The van der Waals surface area contributed by atoms with Crippen LogP contribution < -0.4 is 9.80 Å². The molecule has 0 N–H and O–H groups in total. The molecule has 100 heavy (non-hydrogen) atoms. The van der Waals surface area contributed by atoms with Gasteiger partial charge in [-0.05, 0) is 197 Å². The lowest BCUT2D eigenvalue weighted by Crippen LogP contribution is -2.36. The molecule has 5 nitrogen and oxygen atoms in total. The van der Waals surface area contributed by atoms with E-state index in [4.69, 9.17) is 15.0 Å². The molecule has 0 amide bonds. The third-order valence-corrected chi connectivity index (χ3v) is 21.9. The highest BCUT2D eigenvalue weighted by atomic mass is 15.2. The van der Waals surface area contributed by atoms with E-state index in [9.17, 15) is 0 Å². The van der Waals surface area contributed by atoms with Gasteiger partial charge in [0.2, 0.25) is 0 Å².